The van der Waals surface area contributed by atoms with Crippen LogP contribution in [0.2, 0.25) is 0 Å². The van der Waals surface area contributed by atoms with Gasteiger partial charge in [-0.15, -0.1) is 0 Å². The molecule has 2 aromatic heterocycles. The van der Waals surface area contributed by atoms with Crippen LogP contribution in [0.3, 0.4) is 0 Å². The van der Waals surface area contributed by atoms with Crippen molar-refractivity contribution in [2.45, 2.75) is 31.8 Å². The lowest BCUT2D eigenvalue weighted by molar-refractivity contribution is 0.200. The molecule has 6 nitrogen and oxygen atoms in total. The number of ether oxygens (including phenoxy) is 2. The molecule has 0 saturated heterocycles. The highest BCUT2D eigenvalue weighted by atomic mass is 79.9. The molecule has 1 saturated carbocycles. The minimum Gasteiger partial charge on any atom is -0.493 e. The molecule has 0 unspecified atom stereocenters. The molecule has 7 heteroatoms. The second kappa shape index (κ2) is 9.12. The molecule has 0 amide bonds. The average molecular weight is 491 g/mol. The number of hydrogen-bond acceptors (Lipinski definition) is 5. The topological polar surface area (TPSA) is 62.1 Å². The summed E-state index contributed by atoms with van der Waals surface area (Å²) >= 11 is 3.41. The number of methoxy groups -OCH3 is 1. The molecular formula is C25H23BrN4O2. The van der Waals surface area contributed by atoms with Crippen LogP contribution < -0.4 is 9.47 Å². The lowest BCUT2D eigenvalue weighted by Gasteiger charge is -2.18. The summed E-state index contributed by atoms with van der Waals surface area (Å²) in [5.74, 6) is 2.82. The van der Waals surface area contributed by atoms with Gasteiger partial charge in [-0.05, 0) is 72.0 Å². The van der Waals surface area contributed by atoms with Crippen LogP contribution in [0, 0.1) is 0 Å². The van der Waals surface area contributed by atoms with Gasteiger partial charge in [0.2, 0.25) is 5.95 Å². The molecule has 2 aromatic carbocycles. The van der Waals surface area contributed by atoms with Crippen LogP contribution in [0.15, 0.2) is 59.3 Å². The number of rotatable bonds is 6. The van der Waals surface area contributed by atoms with Crippen LogP contribution in [0.1, 0.15) is 37.1 Å². The van der Waals surface area contributed by atoms with E-state index in [1.54, 1.807) is 19.5 Å². The molecule has 0 N–H and O–H groups in total. The Hall–Kier alpha value is -3.19. The highest BCUT2D eigenvalue weighted by Gasteiger charge is 2.20. The van der Waals surface area contributed by atoms with E-state index in [0.717, 1.165) is 51.2 Å². The molecule has 1 aliphatic carbocycles. The predicted octanol–water partition coefficient (Wildman–Crippen LogP) is 6.08. The van der Waals surface area contributed by atoms with Crippen LogP contribution in [-0.2, 0) is 0 Å². The summed E-state index contributed by atoms with van der Waals surface area (Å²) < 4.78 is 14.7. The first kappa shape index (κ1) is 20.7. The van der Waals surface area contributed by atoms with Crippen molar-refractivity contribution in [3.63, 3.8) is 0 Å². The fourth-order valence-electron chi connectivity index (χ4n) is 4.08. The van der Waals surface area contributed by atoms with Crippen molar-refractivity contribution in [2.75, 3.05) is 7.11 Å². The van der Waals surface area contributed by atoms with Crippen molar-refractivity contribution in [3.05, 3.63) is 70.7 Å². The van der Waals surface area contributed by atoms with E-state index in [2.05, 4.69) is 25.9 Å². The largest absolute Gasteiger partial charge is 0.493 e. The van der Waals surface area contributed by atoms with E-state index in [1.807, 2.05) is 59.2 Å². The molecule has 1 fully saturated rings. The molecule has 32 heavy (non-hydrogen) atoms. The SMILES string of the molecule is COc1cccc(/C=C/c2nc3ccccc3n2-c2ncc(Br)cn2)c1OC1CCCC1. The third-order valence-corrected chi connectivity index (χ3v) is 6.03. The summed E-state index contributed by atoms with van der Waals surface area (Å²) in [4.78, 5) is 13.8. The van der Waals surface area contributed by atoms with E-state index in [0.29, 0.717) is 5.95 Å². The van der Waals surface area contributed by atoms with E-state index in [9.17, 15) is 0 Å². The molecule has 0 bridgehead atoms. The van der Waals surface area contributed by atoms with Gasteiger partial charge in [-0.1, -0.05) is 24.3 Å². The van der Waals surface area contributed by atoms with Gasteiger partial charge in [-0.3, -0.25) is 4.57 Å². The second-order valence-corrected chi connectivity index (χ2v) is 8.65. The summed E-state index contributed by atoms with van der Waals surface area (Å²) in [7, 11) is 1.68. The standard InChI is InChI=1S/C25H23BrN4O2/c1-31-22-12-6-7-17(24(22)32-19-8-2-3-9-19)13-14-23-29-20-10-4-5-11-21(20)30(23)25-27-15-18(26)16-28-25/h4-7,10-16,19H,2-3,8-9H2,1H3/b14-13+. The summed E-state index contributed by atoms with van der Waals surface area (Å²) in [6.45, 7) is 0. The van der Waals surface area contributed by atoms with Crippen molar-refractivity contribution in [2.24, 2.45) is 0 Å². The van der Waals surface area contributed by atoms with E-state index in [4.69, 9.17) is 14.5 Å². The number of benzene rings is 2. The maximum absolute atomic E-state index is 6.37. The van der Waals surface area contributed by atoms with Crippen LogP contribution in [0.4, 0.5) is 0 Å². The van der Waals surface area contributed by atoms with Gasteiger partial charge in [0.05, 0.1) is 28.7 Å². The number of hydrogen-bond donors (Lipinski definition) is 0. The Balaban J connectivity index is 1.57. The molecule has 2 heterocycles. The van der Waals surface area contributed by atoms with Crippen LogP contribution in [0.25, 0.3) is 29.1 Å². The van der Waals surface area contributed by atoms with Gasteiger partial charge < -0.3 is 9.47 Å². The van der Waals surface area contributed by atoms with E-state index in [-0.39, 0.29) is 6.10 Å². The quantitative estimate of drug-likeness (QED) is 0.327. The molecule has 1 aliphatic rings. The lowest BCUT2D eigenvalue weighted by Crippen LogP contribution is -2.12. The lowest BCUT2D eigenvalue weighted by atomic mass is 10.1. The number of nitrogens with zero attached hydrogens (tertiary/aromatic N) is 4. The van der Waals surface area contributed by atoms with Crippen molar-refractivity contribution < 1.29 is 9.47 Å². The van der Waals surface area contributed by atoms with Gasteiger partial charge in [0.1, 0.15) is 5.82 Å². The third kappa shape index (κ3) is 4.12. The molecule has 0 radical (unpaired) electrons. The van der Waals surface area contributed by atoms with Gasteiger partial charge in [0, 0.05) is 18.0 Å². The van der Waals surface area contributed by atoms with E-state index in [1.165, 1.54) is 12.8 Å². The second-order valence-electron chi connectivity index (χ2n) is 7.73. The Morgan fingerprint density at radius 2 is 1.78 bits per heavy atom. The molecule has 162 valence electrons. The van der Waals surface area contributed by atoms with Gasteiger partial charge >= 0.3 is 0 Å². The first-order valence-electron chi connectivity index (χ1n) is 10.7. The maximum Gasteiger partial charge on any atom is 0.235 e. The molecule has 0 spiro atoms. The smallest absolute Gasteiger partial charge is 0.235 e. The zero-order valence-electron chi connectivity index (χ0n) is 17.7. The zero-order valence-corrected chi connectivity index (χ0v) is 19.3. The average Bonchev–Trinajstić information content (AvgIpc) is 3.46. The number of para-hydroxylation sites is 3. The minimum atomic E-state index is 0.235. The Morgan fingerprint density at radius 1 is 1.00 bits per heavy atom. The number of imidazole rings is 1. The number of aromatic nitrogens is 4. The van der Waals surface area contributed by atoms with E-state index >= 15 is 0 Å². The first-order valence-corrected chi connectivity index (χ1v) is 11.5. The number of halogens is 1. The number of fused-ring (bicyclic) bond motifs is 1. The molecule has 4 aromatic rings. The molecule has 5 rings (SSSR count). The molecular weight excluding hydrogens is 468 g/mol. The van der Waals surface area contributed by atoms with Gasteiger partial charge in [-0.25, -0.2) is 15.0 Å². The van der Waals surface area contributed by atoms with Gasteiger partial charge in [0.25, 0.3) is 0 Å². The fourth-order valence-corrected chi connectivity index (χ4v) is 4.28. The van der Waals surface area contributed by atoms with Crippen LogP contribution >= 0.6 is 15.9 Å². The normalized spacial score (nSPS) is 14.4. The Kier molecular flexibility index (Phi) is 5.90. The van der Waals surface area contributed by atoms with Crippen molar-refractivity contribution in [1.29, 1.82) is 0 Å². The summed E-state index contributed by atoms with van der Waals surface area (Å²) in [5.41, 5.74) is 2.78. The molecule has 0 aliphatic heterocycles. The Morgan fingerprint density at radius 3 is 2.56 bits per heavy atom. The predicted molar refractivity (Wildman–Crippen MR) is 129 cm³/mol. The highest BCUT2D eigenvalue weighted by Crippen LogP contribution is 2.36. The van der Waals surface area contributed by atoms with Gasteiger partial charge in [0.15, 0.2) is 11.5 Å². The molecule has 0 atom stereocenters. The summed E-state index contributed by atoms with van der Waals surface area (Å²) in [6, 6.07) is 13.9. The van der Waals surface area contributed by atoms with Crippen LogP contribution in [0.5, 0.6) is 11.5 Å². The Bertz CT molecular complexity index is 1260. The van der Waals surface area contributed by atoms with Crippen LogP contribution in [-0.4, -0.2) is 32.7 Å². The summed E-state index contributed by atoms with van der Waals surface area (Å²) in [6.07, 6.45) is 12.3. The van der Waals surface area contributed by atoms with Crippen molar-refractivity contribution in [3.8, 4) is 17.4 Å². The summed E-state index contributed by atoms with van der Waals surface area (Å²) in [5, 5.41) is 0. The van der Waals surface area contributed by atoms with Gasteiger partial charge in [-0.2, -0.15) is 0 Å². The maximum atomic E-state index is 6.37. The van der Waals surface area contributed by atoms with E-state index < -0.39 is 0 Å². The minimum absolute atomic E-state index is 0.235. The third-order valence-electron chi connectivity index (χ3n) is 5.62. The van der Waals surface area contributed by atoms with Crippen molar-refractivity contribution in [1.82, 2.24) is 19.5 Å². The first-order chi connectivity index (χ1) is 15.7. The highest BCUT2D eigenvalue weighted by molar-refractivity contribution is 9.10. The fraction of sp³-hybridized carbons (Fsp3) is 0.240. The zero-order chi connectivity index (χ0) is 21.9. The monoisotopic (exact) mass is 490 g/mol. The Labute approximate surface area is 195 Å². The van der Waals surface area contributed by atoms with Crippen molar-refractivity contribution >= 4 is 39.1 Å².